The van der Waals surface area contributed by atoms with Gasteiger partial charge in [-0.1, -0.05) is 12.1 Å². The molecule has 0 N–H and O–H groups in total. The number of rotatable bonds is 4. The van der Waals surface area contributed by atoms with Crippen LogP contribution in [-0.2, 0) is 4.79 Å². The highest BCUT2D eigenvalue weighted by molar-refractivity contribution is 6.06. The molecule has 1 aromatic heterocycles. The van der Waals surface area contributed by atoms with Crippen LogP contribution in [0.3, 0.4) is 0 Å². The fourth-order valence-corrected chi connectivity index (χ4v) is 1.05. The first-order chi connectivity index (χ1) is 6.74. The van der Waals surface area contributed by atoms with Crippen molar-refractivity contribution in [3.8, 4) is 0 Å². The number of aldehydes is 1. The van der Waals surface area contributed by atoms with Gasteiger partial charge in [0.15, 0.2) is 0 Å². The zero-order chi connectivity index (χ0) is 10.4. The average molecular weight is 190 g/mol. The third-order valence-electron chi connectivity index (χ3n) is 1.80. The third kappa shape index (κ3) is 3.11. The van der Waals surface area contributed by atoms with E-state index in [9.17, 15) is 4.79 Å². The van der Waals surface area contributed by atoms with Gasteiger partial charge in [-0.2, -0.15) is 0 Å². The number of likely N-dealkylation sites (N-methyl/N-ethyl adjacent to an activating group) is 1. The monoisotopic (exact) mass is 190 g/mol. The van der Waals surface area contributed by atoms with Crippen LogP contribution in [-0.4, -0.2) is 36.8 Å². The van der Waals surface area contributed by atoms with Crippen LogP contribution in [0.25, 0.3) is 5.57 Å². The number of carbonyl (C=O) groups is 1. The minimum absolute atomic E-state index is 0.687. The summed E-state index contributed by atoms with van der Waals surface area (Å²) in [5, 5.41) is 0. The number of allylic oxidation sites excluding steroid dienone is 1. The van der Waals surface area contributed by atoms with Gasteiger partial charge >= 0.3 is 0 Å². The van der Waals surface area contributed by atoms with Crippen LogP contribution in [0.2, 0.25) is 0 Å². The van der Waals surface area contributed by atoms with Gasteiger partial charge in [0.25, 0.3) is 0 Å². The Balaban J connectivity index is 2.82. The van der Waals surface area contributed by atoms with E-state index in [2.05, 4.69) is 4.98 Å². The summed E-state index contributed by atoms with van der Waals surface area (Å²) in [6.07, 6.45) is 6.14. The second-order valence-corrected chi connectivity index (χ2v) is 3.28. The molecule has 0 fully saturated rings. The molecule has 3 heteroatoms. The van der Waals surface area contributed by atoms with Crippen LogP contribution in [0.4, 0.5) is 0 Å². The summed E-state index contributed by atoms with van der Waals surface area (Å²) in [4.78, 5) is 16.8. The summed E-state index contributed by atoms with van der Waals surface area (Å²) in [6, 6.07) is 3.70. The molecular weight excluding hydrogens is 176 g/mol. The molecule has 0 spiro atoms. The molecule has 14 heavy (non-hydrogen) atoms. The van der Waals surface area contributed by atoms with Gasteiger partial charge in [-0.3, -0.25) is 9.78 Å². The lowest BCUT2D eigenvalue weighted by atomic mass is 10.1. The summed E-state index contributed by atoms with van der Waals surface area (Å²) in [7, 11) is 3.92. The number of pyridine rings is 1. The molecule has 0 aliphatic heterocycles. The lowest BCUT2D eigenvalue weighted by Crippen LogP contribution is -2.11. The summed E-state index contributed by atoms with van der Waals surface area (Å²) in [6.45, 7) is 0.753. The molecule has 0 unspecified atom stereocenters. The Morgan fingerprint density at radius 2 is 2.36 bits per heavy atom. The number of carbonyl (C=O) groups excluding carboxylic acids is 1. The van der Waals surface area contributed by atoms with E-state index in [-0.39, 0.29) is 0 Å². The number of hydrogen-bond acceptors (Lipinski definition) is 3. The van der Waals surface area contributed by atoms with E-state index in [1.54, 1.807) is 12.4 Å². The lowest BCUT2D eigenvalue weighted by Gasteiger charge is -2.05. The largest absolute Gasteiger partial charge is 0.306 e. The second kappa shape index (κ2) is 5.29. The van der Waals surface area contributed by atoms with Crippen LogP contribution in [0, 0.1) is 0 Å². The van der Waals surface area contributed by atoms with Gasteiger partial charge in [-0.25, -0.2) is 0 Å². The van der Waals surface area contributed by atoms with Crippen molar-refractivity contribution in [3.63, 3.8) is 0 Å². The average Bonchev–Trinajstić information content (AvgIpc) is 2.20. The van der Waals surface area contributed by atoms with Crippen LogP contribution >= 0.6 is 0 Å². The predicted octanol–water partition coefficient (Wildman–Crippen LogP) is 1.23. The maximum atomic E-state index is 10.8. The van der Waals surface area contributed by atoms with Gasteiger partial charge < -0.3 is 4.90 Å². The maximum absolute atomic E-state index is 10.8. The minimum atomic E-state index is 0.687. The van der Waals surface area contributed by atoms with Crippen molar-refractivity contribution in [3.05, 3.63) is 36.2 Å². The number of hydrogen-bond donors (Lipinski definition) is 0. The van der Waals surface area contributed by atoms with Crippen LogP contribution in [0.1, 0.15) is 5.56 Å². The molecule has 0 saturated heterocycles. The van der Waals surface area contributed by atoms with Crippen LogP contribution in [0.5, 0.6) is 0 Å². The molecule has 3 nitrogen and oxygen atoms in total. The molecule has 1 rings (SSSR count). The van der Waals surface area contributed by atoms with Crippen molar-refractivity contribution in [1.82, 2.24) is 9.88 Å². The Morgan fingerprint density at radius 3 is 2.86 bits per heavy atom. The Bertz CT molecular complexity index is 317. The molecule has 0 amide bonds. The van der Waals surface area contributed by atoms with Crippen molar-refractivity contribution in [2.45, 2.75) is 0 Å². The summed E-state index contributed by atoms with van der Waals surface area (Å²) < 4.78 is 0. The molecule has 1 heterocycles. The van der Waals surface area contributed by atoms with E-state index < -0.39 is 0 Å². The Kier molecular flexibility index (Phi) is 4.01. The quantitative estimate of drug-likeness (QED) is 0.529. The zero-order valence-corrected chi connectivity index (χ0v) is 8.47. The van der Waals surface area contributed by atoms with E-state index in [0.717, 1.165) is 18.4 Å². The van der Waals surface area contributed by atoms with Crippen molar-refractivity contribution >= 4 is 11.9 Å². The van der Waals surface area contributed by atoms with Crippen molar-refractivity contribution in [2.24, 2.45) is 0 Å². The fourth-order valence-electron chi connectivity index (χ4n) is 1.05. The van der Waals surface area contributed by atoms with Gasteiger partial charge in [0, 0.05) is 30.1 Å². The number of aromatic nitrogens is 1. The molecular formula is C11H14N2O. The van der Waals surface area contributed by atoms with E-state index in [1.165, 1.54) is 0 Å². The summed E-state index contributed by atoms with van der Waals surface area (Å²) >= 11 is 0. The van der Waals surface area contributed by atoms with Gasteiger partial charge in [0.1, 0.15) is 6.29 Å². The Labute approximate surface area is 84.1 Å². The first-order valence-electron chi connectivity index (χ1n) is 4.44. The normalized spacial score (nSPS) is 11.8. The highest BCUT2D eigenvalue weighted by Crippen LogP contribution is 2.09. The Hall–Kier alpha value is -1.48. The van der Waals surface area contributed by atoms with Gasteiger partial charge in [-0.05, 0) is 20.2 Å². The maximum Gasteiger partial charge on any atom is 0.150 e. The van der Waals surface area contributed by atoms with Crippen molar-refractivity contribution in [2.75, 3.05) is 20.6 Å². The van der Waals surface area contributed by atoms with E-state index in [4.69, 9.17) is 0 Å². The molecule has 0 saturated carbocycles. The molecule has 0 atom stereocenters. The first kappa shape index (κ1) is 10.6. The highest BCUT2D eigenvalue weighted by Gasteiger charge is 1.98. The van der Waals surface area contributed by atoms with Gasteiger partial charge in [0.05, 0.1) is 0 Å². The van der Waals surface area contributed by atoms with E-state index in [1.807, 2.05) is 37.2 Å². The molecule has 0 radical (unpaired) electrons. The fraction of sp³-hybridized carbons (Fsp3) is 0.273. The molecule has 74 valence electrons. The van der Waals surface area contributed by atoms with Gasteiger partial charge in [0.2, 0.25) is 0 Å². The van der Waals surface area contributed by atoms with Crippen LogP contribution in [0.15, 0.2) is 30.6 Å². The highest BCUT2D eigenvalue weighted by atomic mass is 16.1. The second-order valence-electron chi connectivity index (χ2n) is 3.28. The molecule has 0 aromatic carbocycles. The molecule has 0 aliphatic carbocycles. The van der Waals surface area contributed by atoms with Crippen LogP contribution < -0.4 is 0 Å². The van der Waals surface area contributed by atoms with E-state index in [0.29, 0.717) is 5.57 Å². The topological polar surface area (TPSA) is 33.2 Å². The lowest BCUT2D eigenvalue weighted by molar-refractivity contribution is -0.103. The van der Waals surface area contributed by atoms with E-state index >= 15 is 0 Å². The Morgan fingerprint density at radius 1 is 1.57 bits per heavy atom. The first-order valence-corrected chi connectivity index (χ1v) is 4.44. The van der Waals surface area contributed by atoms with Gasteiger partial charge in [-0.15, -0.1) is 0 Å². The summed E-state index contributed by atoms with van der Waals surface area (Å²) in [5.41, 5.74) is 1.55. The molecule has 0 aliphatic rings. The SMILES string of the molecule is CN(C)CC=C(C=O)c1cccnc1. The summed E-state index contributed by atoms with van der Waals surface area (Å²) in [5.74, 6) is 0. The minimum Gasteiger partial charge on any atom is -0.306 e. The smallest absolute Gasteiger partial charge is 0.150 e. The molecule has 1 aromatic rings. The molecule has 0 bridgehead atoms. The van der Waals surface area contributed by atoms with Crippen molar-refractivity contribution in [1.29, 1.82) is 0 Å². The predicted molar refractivity (Wildman–Crippen MR) is 56.8 cm³/mol. The zero-order valence-electron chi connectivity index (χ0n) is 8.47. The number of nitrogens with zero attached hydrogens (tertiary/aromatic N) is 2. The standard InChI is InChI=1S/C11H14N2O/c1-13(2)7-5-11(9-14)10-4-3-6-12-8-10/h3-6,8-9H,7H2,1-2H3. The van der Waals surface area contributed by atoms with Crippen molar-refractivity contribution < 1.29 is 4.79 Å². The third-order valence-corrected chi connectivity index (χ3v) is 1.80.